The molecule has 122 valence electrons. The van der Waals surface area contributed by atoms with E-state index in [1.165, 1.54) is 0 Å². The van der Waals surface area contributed by atoms with Crippen molar-refractivity contribution in [2.45, 2.75) is 71.3 Å². The van der Waals surface area contributed by atoms with Crippen LogP contribution in [0, 0.1) is 5.92 Å². The van der Waals surface area contributed by atoms with Crippen LogP contribution in [0.5, 0.6) is 0 Å². The number of carboxylic acids is 1. The van der Waals surface area contributed by atoms with E-state index in [0.717, 1.165) is 32.1 Å². The summed E-state index contributed by atoms with van der Waals surface area (Å²) in [4.78, 5) is 25.8. The molecule has 21 heavy (non-hydrogen) atoms. The number of carboxylic acid groups (broad SMARTS) is 1. The minimum absolute atomic E-state index is 0.226. The molecule has 0 heterocycles. The van der Waals surface area contributed by atoms with Gasteiger partial charge in [-0.15, -0.1) is 0 Å². The largest absolute Gasteiger partial charge is 0.480 e. The zero-order valence-electron chi connectivity index (χ0n) is 13.7. The van der Waals surface area contributed by atoms with Crippen LogP contribution in [0.3, 0.4) is 0 Å². The van der Waals surface area contributed by atoms with Crippen LogP contribution in [0.2, 0.25) is 0 Å². The molecule has 0 bridgehead atoms. The summed E-state index contributed by atoms with van der Waals surface area (Å²) in [7, 11) is 0. The zero-order valence-corrected chi connectivity index (χ0v) is 13.7. The number of amides is 2. The number of nitrogens with zero attached hydrogens (tertiary/aromatic N) is 1. The van der Waals surface area contributed by atoms with Crippen molar-refractivity contribution < 1.29 is 14.7 Å². The highest BCUT2D eigenvalue weighted by Gasteiger charge is 2.43. The van der Waals surface area contributed by atoms with E-state index in [2.05, 4.69) is 12.2 Å². The fourth-order valence-corrected chi connectivity index (χ4v) is 3.11. The second kappa shape index (κ2) is 8.25. The van der Waals surface area contributed by atoms with Gasteiger partial charge in [0, 0.05) is 13.1 Å². The van der Waals surface area contributed by atoms with Gasteiger partial charge in [-0.3, -0.25) is 0 Å². The van der Waals surface area contributed by atoms with E-state index in [0.29, 0.717) is 31.8 Å². The molecule has 0 radical (unpaired) electrons. The standard InChI is InChI=1S/C16H30N2O3/c1-4-11-18(12-5-2)15(21)17-16(14(19)20)9-7-13(6-3)8-10-16/h13H,4-12H2,1-3H3,(H,17,21)(H,19,20). The molecule has 2 N–H and O–H groups in total. The maximum absolute atomic E-state index is 12.4. The summed E-state index contributed by atoms with van der Waals surface area (Å²) in [5, 5.41) is 12.4. The molecule has 1 saturated carbocycles. The van der Waals surface area contributed by atoms with Crippen molar-refractivity contribution in [2.75, 3.05) is 13.1 Å². The molecule has 1 rings (SSSR count). The van der Waals surface area contributed by atoms with Crippen molar-refractivity contribution in [2.24, 2.45) is 5.92 Å². The monoisotopic (exact) mass is 298 g/mol. The number of carbonyl (C=O) groups excluding carboxylic acids is 1. The minimum Gasteiger partial charge on any atom is -0.480 e. The zero-order chi connectivity index (χ0) is 15.9. The van der Waals surface area contributed by atoms with Gasteiger partial charge in [0.1, 0.15) is 5.54 Å². The molecule has 0 atom stereocenters. The van der Waals surface area contributed by atoms with E-state index < -0.39 is 11.5 Å². The Morgan fingerprint density at radius 1 is 1.14 bits per heavy atom. The number of hydrogen-bond acceptors (Lipinski definition) is 2. The second-order valence-corrected chi connectivity index (χ2v) is 6.16. The number of aliphatic carboxylic acids is 1. The molecule has 0 saturated heterocycles. The van der Waals surface area contributed by atoms with Gasteiger partial charge in [0.2, 0.25) is 0 Å². The molecule has 0 aromatic carbocycles. The number of hydrogen-bond donors (Lipinski definition) is 2. The van der Waals surface area contributed by atoms with Crippen molar-refractivity contribution in [3.05, 3.63) is 0 Å². The van der Waals surface area contributed by atoms with Crippen LogP contribution in [0.15, 0.2) is 0 Å². The van der Waals surface area contributed by atoms with Gasteiger partial charge in [-0.05, 0) is 44.4 Å². The summed E-state index contributed by atoms with van der Waals surface area (Å²) in [6, 6.07) is -0.226. The smallest absolute Gasteiger partial charge is 0.329 e. The number of nitrogens with one attached hydrogen (secondary N) is 1. The molecule has 0 aromatic rings. The Balaban J connectivity index is 2.74. The van der Waals surface area contributed by atoms with Crippen molar-refractivity contribution in [3.63, 3.8) is 0 Å². The van der Waals surface area contributed by atoms with Crippen LogP contribution in [0.4, 0.5) is 4.79 Å². The normalized spacial score (nSPS) is 25.4. The fraction of sp³-hybridized carbons (Fsp3) is 0.875. The SMILES string of the molecule is CCCN(CCC)C(=O)NC1(C(=O)O)CCC(CC)CC1. The van der Waals surface area contributed by atoms with Crippen LogP contribution in [0.25, 0.3) is 0 Å². The molecule has 1 fully saturated rings. The topological polar surface area (TPSA) is 69.6 Å². The first kappa shape index (κ1) is 17.8. The Hall–Kier alpha value is -1.26. The lowest BCUT2D eigenvalue weighted by Crippen LogP contribution is -2.59. The Kier molecular flexibility index (Phi) is 6.99. The summed E-state index contributed by atoms with van der Waals surface area (Å²) in [6.07, 6.45) is 5.69. The van der Waals surface area contributed by atoms with E-state index in [1.807, 2.05) is 13.8 Å². The predicted molar refractivity (Wildman–Crippen MR) is 83.3 cm³/mol. The molecular formula is C16H30N2O3. The number of urea groups is 1. The van der Waals surface area contributed by atoms with Crippen LogP contribution in [-0.4, -0.2) is 40.6 Å². The van der Waals surface area contributed by atoms with E-state index >= 15 is 0 Å². The molecule has 0 aliphatic heterocycles. The average molecular weight is 298 g/mol. The fourth-order valence-electron chi connectivity index (χ4n) is 3.11. The Morgan fingerprint density at radius 3 is 2.05 bits per heavy atom. The van der Waals surface area contributed by atoms with Crippen LogP contribution >= 0.6 is 0 Å². The summed E-state index contributed by atoms with van der Waals surface area (Å²) in [5.41, 5.74) is -1.07. The number of rotatable bonds is 7. The summed E-state index contributed by atoms with van der Waals surface area (Å²) >= 11 is 0. The third-order valence-electron chi connectivity index (χ3n) is 4.57. The lowest BCUT2D eigenvalue weighted by molar-refractivity contribution is -0.146. The Bertz CT molecular complexity index is 343. The molecule has 1 aliphatic carbocycles. The first-order chi connectivity index (χ1) is 9.99. The van der Waals surface area contributed by atoms with Gasteiger partial charge in [0.05, 0.1) is 0 Å². The Labute approximate surface area is 128 Å². The molecule has 5 heteroatoms. The van der Waals surface area contributed by atoms with Crippen molar-refractivity contribution >= 4 is 12.0 Å². The van der Waals surface area contributed by atoms with Crippen LogP contribution in [-0.2, 0) is 4.79 Å². The van der Waals surface area contributed by atoms with Crippen molar-refractivity contribution in [1.82, 2.24) is 10.2 Å². The lowest BCUT2D eigenvalue weighted by Gasteiger charge is -2.38. The van der Waals surface area contributed by atoms with Gasteiger partial charge in [0.25, 0.3) is 0 Å². The van der Waals surface area contributed by atoms with Crippen LogP contribution < -0.4 is 5.32 Å². The third-order valence-corrected chi connectivity index (χ3v) is 4.57. The highest BCUT2D eigenvalue weighted by Crippen LogP contribution is 2.34. The molecule has 0 aromatic heterocycles. The third kappa shape index (κ3) is 4.61. The molecule has 0 unspecified atom stereocenters. The number of carbonyl (C=O) groups is 2. The van der Waals surface area contributed by atoms with Gasteiger partial charge in [0.15, 0.2) is 0 Å². The van der Waals surface area contributed by atoms with E-state index in [9.17, 15) is 14.7 Å². The molecule has 1 aliphatic rings. The summed E-state index contributed by atoms with van der Waals surface area (Å²) < 4.78 is 0. The highest BCUT2D eigenvalue weighted by atomic mass is 16.4. The summed E-state index contributed by atoms with van der Waals surface area (Å²) in [6.45, 7) is 7.53. The molecule has 2 amide bonds. The van der Waals surface area contributed by atoms with Crippen molar-refractivity contribution in [3.8, 4) is 0 Å². The van der Waals surface area contributed by atoms with E-state index in [4.69, 9.17) is 0 Å². The summed E-state index contributed by atoms with van der Waals surface area (Å²) in [5.74, 6) is -0.296. The lowest BCUT2D eigenvalue weighted by atomic mass is 9.75. The first-order valence-electron chi connectivity index (χ1n) is 8.29. The first-order valence-corrected chi connectivity index (χ1v) is 8.29. The minimum atomic E-state index is -1.07. The maximum atomic E-state index is 12.4. The predicted octanol–water partition coefficient (Wildman–Crippen LogP) is 3.24. The molecular weight excluding hydrogens is 268 g/mol. The molecule has 5 nitrogen and oxygen atoms in total. The average Bonchev–Trinajstić information content (AvgIpc) is 2.47. The van der Waals surface area contributed by atoms with Gasteiger partial charge >= 0.3 is 12.0 Å². The van der Waals surface area contributed by atoms with Gasteiger partial charge in [-0.25, -0.2) is 9.59 Å². The van der Waals surface area contributed by atoms with E-state index in [-0.39, 0.29) is 6.03 Å². The highest BCUT2D eigenvalue weighted by molar-refractivity contribution is 5.86. The Morgan fingerprint density at radius 2 is 1.67 bits per heavy atom. The maximum Gasteiger partial charge on any atom is 0.329 e. The van der Waals surface area contributed by atoms with Gasteiger partial charge < -0.3 is 15.3 Å². The second-order valence-electron chi connectivity index (χ2n) is 6.16. The quantitative estimate of drug-likeness (QED) is 0.758. The van der Waals surface area contributed by atoms with Crippen molar-refractivity contribution in [1.29, 1.82) is 0 Å². The van der Waals surface area contributed by atoms with Gasteiger partial charge in [-0.2, -0.15) is 0 Å². The van der Waals surface area contributed by atoms with Crippen LogP contribution in [0.1, 0.15) is 65.7 Å². The van der Waals surface area contributed by atoms with E-state index in [1.54, 1.807) is 4.90 Å². The van der Waals surface area contributed by atoms with Gasteiger partial charge in [-0.1, -0.05) is 27.2 Å². The molecule has 0 spiro atoms.